The van der Waals surface area contributed by atoms with Crippen molar-refractivity contribution < 1.29 is 4.79 Å². The molecule has 0 spiro atoms. The van der Waals surface area contributed by atoms with Crippen LogP contribution in [-0.4, -0.2) is 10.9 Å². The molecule has 0 atom stereocenters. The van der Waals surface area contributed by atoms with E-state index in [0.717, 1.165) is 0 Å². The van der Waals surface area contributed by atoms with Gasteiger partial charge in [0, 0.05) is 17.6 Å². The highest BCUT2D eigenvalue weighted by molar-refractivity contribution is 6.30. The second-order valence-corrected chi connectivity index (χ2v) is 3.94. The Hall–Kier alpha value is -1.09. The molecule has 76 valence electrons. The van der Waals surface area contributed by atoms with Gasteiger partial charge in [0.05, 0.1) is 0 Å². The van der Waals surface area contributed by atoms with Crippen LogP contribution in [0.25, 0.3) is 0 Å². The van der Waals surface area contributed by atoms with Crippen molar-refractivity contribution in [3.8, 4) is 0 Å². The van der Waals surface area contributed by atoms with Crippen molar-refractivity contribution in [3.63, 3.8) is 0 Å². The molecule has 0 aromatic carbocycles. The molecule has 0 saturated carbocycles. The van der Waals surface area contributed by atoms with Crippen molar-refractivity contribution in [3.05, 3.63) is 23.4 Å². The molecule has 4 heteroatoms. The summed E-state index contributed by atoms with van der Waals surface area (Å²) >= 11 is 5.74. The number of carbonyl (C=O) groups is 1. The second kappa shape index (κ2) is 4.96. The van der Waals surface area contributed by atoms with Crippen molar-refractivity contribution in [1.82, 2.24) is 4.98 Å². The highest BCUT2D eigenvalue weighted by Gasteiger charge is 2.05. The standard InChI is InChI=1S/C10H13ClN2O/c1-7(2)5-10(14)13-9-6-8(11)3-4-12-9/h3-4,6-7H,5H2,1-2H3,(H,12,13,14). The van der Waals surface area contributed by atoms with E-state index in [1.54, 1.807) is 18.3 Å². The van der Waals surface area contributed by atoms with Crippen LogP contribution in [0.1, 0.15) is 20.3 Å². The molecule has 0 aliphatic carbocycles. The van der Waals surface area contributed by atoms with Gasteiger partial charge < -0.3 is 5.32 Å². The maximum absolute atomic E-state index is 11.3. The van der Waals surface area contributed by atoms with E-state index >= 15 is 0 Å². The summed E-state index contributed by atoms with van der Waals surface area (Å²) in [6.45, 7) is 3.98. The van der Waals surface area contributed by atoms with E-state index in [4.69, 9.17) is 11.6 Å². The van der Waals surface area contributed by atoms with Gasteiger partial charge in [0.15, 0.2) is 0 Å². The lowest BCUT2D eigenvalue weighted by Crippen LogP contribution is -2.14. The van der Waals surface area contributed by atoms with Crippen molar-refractivity contribution >= 4 is 23.3 Å². The minimum Gasteiger partial charge on any atom is -0.311 e. The van der Waals surface area contributed by atoms with Gasteiger partial charge in [-0.3, -0.25) is 4.79 Å². The minimum absolute atomic E-state index is 0.0326. The number of carbonyl (C=O) groups excluding carboxylic acids is 1. The third-order valence-corrected chi connectivity index (χ3v) is 1.82. The SMILES string of the molecule is CC(C)CC(=O)Nc1cc(Cl)ccn1. The van der Waals surface area contributed by atoms with Crippen LogP contribution in [0, 0.1) is 5.92 Å². The zero-order valence-electron chi connectivity index (χ0n) is 8.25. The van der Waals surface area contributed by atoms with E-state index in [2.05, 4.69) is 10.3 Å². The van der Waals surface area contributed by atoms with E-state index in [1.807, 2.05) is 13.8 Å². The lowest BCUT2D eigenvalue weighted by molar-refractivity contribution is -0.116. The molecule has 1 rings (SSSR count). The summed E-state index contributed by atoms with van der Waals surface area (Å²) in [6, 6.07) is 3.29. The van der Waals surface area contributed by atoms with Crippen LogP contribution in [0.15, 0.2) is 18.3 Å². The van der Waals surface area contributed by atoms with Gasteiger partial charge in [-0.1, -0.05) is 25.4 Å². The number of pyridine rings is 1. The van der Waals surface area contributed by atoms with E-state index < -0.39 is 0 Å². The first-order chi connectivity index (χ1) is 6.58. The Morgan fingerprint density at radius 3 is 2.93 bits per heavy atom. The fraction of sp³-hybridized carbons (Fsp3) is 0.400. The van der Waals surface area contributed by atoms with Crippen molar-refractivity contribution in [2.24, 2.45) is 5.92 Å². The van der Waals surface area contributed by atoms with Gasteiger partial charge in [-0.15, -0.1) is 0 Å². The molecule has 1 heterocycles. The molecular weight excluding hydrogens is 200 g/mol. The number of anilines is 1. The van der Waals surface area contributed by atoms with E-state index in [0.29, 0.717) is 23.2 Å². The van der Waals surface area contributed by atoms with Crippen molar-refractivity contribution in [1.29, 1.82) is 0 Å². The van der Waals surface area contributed by atoms with Crippen LogP contribution in [0.5, 0.6) is 0 Å². The third-order valence-electron chi connectivity index (χ3n) is 1.58. The van der Waals surface area contributed by atoms with Crippen LogP contribution >= 0.6 is 11.6 Å². The first-order valence-corrected chi connectivity index (χ1v) is 4.87. The average molecular weight is 213 g/mol. The predicted molar refractivity (Wildman–Crippen MR) is 57.3 cm³/mol. The van der Waals surface area contributed by atoms with E-state index in [1.165, 1.54) is 0 Å². The van der Waals surface area contributed by atoms with Gasteiger partial charge in [0.2, 0.25) is 5.91 Å². The van der Waals surface area contributed by atoms with Crippen LogP contribution < -0.4 is 5.32 Å². The molecule has 0 bridgehead atoms. The Bertz CT molecular complexity index is 326. The average Bonchev–Trinajstić information content (AvgIpc) is 2.01. The molecule has 1 N–H and O–H groups in total. The first-order valence-electron chi connectivity index (χ1n) is 4.49. The van der Waals surface area contributed by atoms with Crippen LogP contribution in [-0.2, 0) is 4.79 Å². The number of amides is 1. The Morgan fingerprint density at radius 1 is 1.64 bits per heavy atom. The smallest absolute Gasteiger partial charge is 0.225 e. The molecule has 0 radical (unpaired) electrons. The Kier molecular flexibility index (Phi) is 3.89. The third kappa shape index (κ3) is 3.75. The summed E-state index contributed by atoms with van der Waals surface area (Å²) < 4.78 is 0. The number of aromatic nitrogens is 1. The summed E-state index contributed by atoms with van der Waals surface area (Å²) in [5, 5.41) is 3.25. The topological polar surface area (TPSA) is 42.0 Å². The molecule has 0 aliphatic heterocycles. The van der Waals surface area contributed by atoms with Gasteiger partial charge in [-0.25, -0.2) is 4.98 Å². The Labute approximate surface area is 88.5 Å². The summed E-state index contributed by atoms with van der Waals surface area (Å²) in [4.78, 5) is 15.3. The summed E-state index contributed by atoms with van der Waals surface area (Å²) in [6.07, 6.45) is 2.06. The maximum atomic E-state index is 11.3. The molecule has 0 fully saturated rings. The normalized spacial score (nSPS) is 10.3. The minimum atomic E-state index is -0.0326. The van der Waals surface area contributed by atoms with Gasteiger partial charge in [0.25, 0.3) is 0 Å². The molecule has 14 heavy (non-hydrogen) atoms. The molecular formula is C10H13ClN2O. The zero-order chi connectivity index (χ0) is 10.6. The van der Waals surface area contributed by atoms with E-state index in [9.17, 15) is 4.79 Å². The maximum Gasteiger partial charge on any atom is 0.225 e. The zero-order valence-corrected chi connectivity index (χ0v) is 9.01. The van der Waals surface area contributed by atoms with Gasteiger partial charge in [-0.2, -0.15) is 0 Å². The van der Waals surface area contributed by atoms with Crippen molar-refractivity contribution in [2.75, 3.05) is 5.32 Å². The fourth-order valence-electron chi connectivity index (χ4n) is 1.04. The summed E-state index contributed by atoms with van der Waals surface area (Å²) in [5.74, 6) is 0.812. The Morgan fingerprint density at radius 2 is 2.36 bits per heavy atom. The number of nitrogens with one attached hydrogen (secondary N) is 1. The van der Waals surface area contributed by atoms with Gasteiger partial charge in [-0.05, 0) is 18.1 Å². The monoisotopic (exact) mass is 212 g/mol. The summed E-state index contributed by atoms with van der Waals surface area (Å²) in [5.41, 5.74) is 0. The summed E-state index contributed by atoms with van der Waals surface area (Å²) in [7, 11) is 0. The highest BCUT2D eigenvalue weighted by atomic mass is 35.5. The number of halogens is 1. The predicted octanol–water partition coefficient (Wildman–Crippen LogP) is 2.72. The van der Waals surface area contributed by atoms with Crippen LogP contribution in [0.4, 0.5) is 5.82 Å². The molecule has 1 aromatic heterocycles. The number of nitrogens with zero attached hydrogens (tertiary/aromatic N) is 1. The van der Waals surface area contributed by atoms with Crippen LogP contribution in [0.3, 0.4) is 0 Å². The lowest BCUT2D eigenvalue weighted by atomic mass is 10.1. The Balaban J connectivity index is 2.56. The molecule has 0 unspecified atom stereocenters. The number of rotatable bonds is 3. The van der Waals surface area contributed by atoms with Crippen molar-refractivity contribution in [2.45, 2.75) is 20.3 Å². The second-order valence-electron chi connectivity index (χ2n) is 3.51. The molecule has 0 saturated heterocycles. The first kappa shape index (κ1) is 11.0. The highest BCUT2D eigenvalue weighted by Crippen LogP contribution is 2.12. The largest absolute Gasteiger partial charge is 0.311 e. The van der Waals surface area contributed by atoms with Gasteiger partial charge in [0.1, 0.15) is 5.82 Å². The van der Waals surface area contributed by atoms with Gasteiger partial charge >= 0.3 is 0 Å². The molecule has 1 aromatic rings. The van der Waals surface area contributed by atoms with E-state index in [-0.39, 0.29) is 5.91 Å². The van der Waals surface area contributed by atoms with Crippen LogP contribution in [0.2, 0.25) is 5.02 Å². The molecule has 0 aliphatic rings. The molecule has 1 amide bonds. The number of hydrogen-bond acceptors (Lipinski definition) is 2. The molecule has 3 nitrogen and oxygen atoms in total. The number of hydrogen-bond donors (Lipinski definition) is 1. The fourth-order valence-corrected chi connectivity index (χ4v) is 1.20. The lowest BCUT2D eigenvalue weighted by Gasteiger charge is -2.05. The quantitative estimate of drug-likeness (QED) is 0.837.